The van der Waals surface area contributed by atoms with Crippen LogP contribution in [0, 0.1) is 0 Å². The molecule has 24 heavy (non-hydrogen) atoms. The van der Waals surface area contributed by atoms with Gasteiger partial charge in [-0.05, 0) is 29.1 Å². The van der Waals surface area contributed by atoms with Crippen LogP contribution in [0.2, 0.25) is 0 Å². The molecule has 0 fully saturated rings. The number of anilines is 1. The highest BCUT2D eigenvalue weighted by atomic mass is 32.1. The number of nitrogens with zero attached hydrogens (tertiary/aromatic N) is 2. The maximum atomic E-state index is 5.56. The summed E-state index contributed by atoms with van der Waals surface area (Å²) in [6, 6.07) is 23.0. The Bertz CT molecular complexity index is 843. The molecule has 0 amide bonds. The molecule has 0 radical (unpaired) electrons. The molecule has 4 heteroatoms. The number of para-hydroxylation sites is 2. The lowest BCUT2D eigenvalue weighted by atomic mass is 10.0. The smallest absolute Gasteiger partial charge is 0.144 e. The predicted octanol–water partition coefficient (Wildman–Crippen LogP) is 5.11. The SMILES string of the molecule is COc1ccccc1N1N=C(c2cccs2)C[C@H]1c1ccccc1. The van der Waals surface area contributed by atoms with Crippen LogP contribution in [0.4, 0.5) is 5.69 Å². The third kappa shape index (κ3) is 2.69. The van der Waals surface area contributed by atoms with Crippen molar-refractivity contribution in [2.45, 2.75) is 12.5 Å². The van der Waals surface area contributed by atoms with Gasteiger partial charge in [-0.15, -0.1) is 11.3 Å². The summed E-state index contributed by atoms with van der Waals surface area (Å²) in [6.07, 6.45) is 0.891. The summed E-state index contributed by atoms with van der Waals surface area (Å²) in [5, 5.41) is 9.15. The number of rotatable bonds is 4. The molecular weight excluding hydrogens is 316 g/mol. The minimum absolute atomic E-state index is 0.180. The zero-order chi connectivity index (χ0) is 16.4. The zero-order valence-electron chi connectivity index (χ0n) is 13.4. The van der Waals surface area contributed by atoms with Gasteiger partial charge < -0.3 is 4.74 Å². The van der Waals surface area contributed by atoms with E-state index in [9.17, 15) is 0 Å². The van der Waals surface area contributed by atoms with Crippen molar-refractivity contribution in [3.05, 3.63) is 82.6 Å². The highest BCUT2D eigenvalue weighted by molar-refractivity contribution is 7.12. The van der Waals surface area contributed by atoms with Crippen molar-refractivity contribution >= 4 is 22.7 Å². The average Bonchev–Trinajstić information content (AvgIpc) is 3.32. The number of methoxy groups -OCH3 is 1. The van der Waals surface area contributed by atoms with E-state index in [1.54, 1.807) is 18.4 Å². The van der Waals surface area contributed by atoms with Gasteiger partial charge in [0.2, 0.25) is 0 Å². The fourth-order valence-corrected chi connectivity index (χ4v) is 3.80. The molecule has 0 saturated carbocycles. The zero-order valence-corrected chi connectivity index (χ0v) is 14.2. The second-order valence-corrected chi connectivity index (χ2v) is 6.62. The van der Waals surface area contributed by atoms with Gasteiger partial charge in [0, 0.05) is 6.42 Å². The minimum atomic E-state index is 0.180. The van der Waals surface area contributed by atoms with E-state index >= 15 is 0 Å². The van der Waals surface area contributed by atoms with Gasteiger partial charge >= 0.3 is 0 Å². The van der Waals surface area contributed by atoms with Gasteiger partial charge in [-0.25, -0.2) is 0 Å². The number of ether oxygens (including phenoxy) is 1. The lowest BCUT2D eigenvalue weighted by molar-refractivity contribution is 0.413. The van der Waals surface area contributed by atoms with Gasteiger partial charge in [-0.3, -0.25) is 5.01 Å². The second kappa shape index (κ2) is 6.49. The van der Waals surface area contributed by atoms with Crippen LogP contribution < -0.4 is 9.75 Å². The molecule has 1 aliphatic rings. The predicted molar refractivity (Wildman–Crippen MR) is 100 cm³/mol. The lowest BCUT2D eigenvalue weighted by Gasteiger charge is -2.25. The van der Waals surface area contributed by atoms with E-state index in [1.807, 2.05) is 24.3 Å². The monoisotopic (exact) mass is 334 g/mol. The second-order valence-electron chi connectivity index (χ2n) is 5.67. The first-order valence-corrected chi connectivity index (χ1v) is 8.83. The lowest BCUT2D eigenvalue weighted by Crippen LogP contribution is -2.19. The molecule has 0 aliphatic carbocycles. The molecule has 1 aliphatic heterocycles. The summed E-state index contributed by atoms with van der Waals surface area (Å²) in [6.45, 7) is 0. The summed E-state index contributed by atoms with van der Waals surface area (Å²) in [4.78, 5) is 1.23. The Morgan fingerprint density at radius 1 is 1.00 bits per heavy atom. The summed E-state index contributed by atoms with van der Waals surface area (Å²) in [5.74, 6) is 0.842. The summed E-state index contributed by atoms with van der Waals surface area (Å²) in [5.41, 5.74) is 3.39. The highest BCUT2D eigenvalue weighted by Gasteiger charge is 2.31. The number of benzene rings is 2. The van der Waals surface area contributed by atoms with Crippen LogP contribution in [0.25, 0.3) is 0 Å². The van der Waals surface area contributed by atoms with Crippen LogP contribution in [0.1, 0.15) is 22.9 Å². The van der Waals surface area contributed by atoms with Gasteiger partial charge in [-0.2, -0.15) is 5.10 Å². The molecule has 4 rings (SSSR count). The van der Waals surface area contributed by atoms with Crippen molar-refractivity contribution < 1.29 is 4.74 Å². The molecule has 0 saturated heterocycles. The summed E-state index contributed by atoms with van der Waals surface area (Å²) >= 11 is 1.74. The normalized spacial score (nSPS) is 17.0. The Kier molecular flexibility index (Phi) is 4.05. The molecule has 120 valence electrons. The van der Waals surface area contributed by atoms with Gasteiger partial charge in [0.15, 0.2) is 0 Å². The third-order valence-electron chi connectivity index (χ3n) is 4.23. The Balaban J connectivity index is 1.79. The molecule has 1 atom stereocenters. The molecule has 2 aromatic carbocycles. The number of hydrogen-bond donors (Lipinski definition) is 0. The molecule has 0 bridgehead atoms. The minimum Gasteiger partial charge on any atom is -0.495 e. The maximum Gasteiger partial charge on any atom is 0.144 e. The fraction of sp³-hybridized carbons (Fsp3) is 0.150. The fourth-order valence-electron chi connectivity index (χ4n) is 3.08. The van der Waals surface area contributed by atoms with E-state index in [0.29, 0.717) is 0 Å². The topological polar surface area (TPSA) is 24.8 Å². The van der Waals surface area contributed by atoms with E-state index in [0.717, 1.165) is 23.6 Å². The number of hydrazone groups is 1. The van der Waals surface area contributed by atoms with Gasteiger partial charge in [0.1, 0.15) is 11.4 Å². The highest BCUT2D eigenvalue weighted by Crippen LogP contribution is 2.40. The van der Waals surface area contributed by atoms with Crippen molar-refractivity contribution in [2.75, 3.05) is 12.1 Å². The number of hydrogen-bond acceptors (Lipinski definition) is 4. The van der Waals surface area contributed by atoms with Gasteiger partial charge in [0.05, 0.1) is 23.7 Å². The molecule has 3 nitrogen and oxygen atoms in total. The average molecular weight is 334 g/mol. The largest absolute Gasteiger partial charge is 0.495 e. The third-order valence-corrected chi connectivity index (χ3v) is 5.15. The Morgan fingerprint density at radius 2 is 1.79 bits per heavy atom. The Hall–Kier alpha value is -2.59. The van der Waals surface area contributed by atoms with Crippen LogP contribution in [-0.2, 0) is 0 Å². The molecular formula is C20H18N2OS. The van der Waals surface area contributed by atoms with Crippen LogP contribution in [-0.4, -0.2) is 12.8 Å². The van der Waals surface area contributed by atoms with E-state index in [2.05, 4.69) is 52.9 Å². The number of thiophene rings is 1. The summed E-state index contributed by atoms with van der Waals surface area (Å²) in [7, 11) is 1.70. The van der Waals surface area contributed by atoms with Crippen molar-refractivity contribution in [1.82, 2.24) is 0 Å². The first-order chi connectivity index (χ1) is 11.9. The van der Waals surface area contributed by atoms with Crippen LogP contribution >= 0.6 is 11.3 Å². The standard InChI is InChI=1S/C20H18N2OS/c1-23-19-11-6-5-10-17(19)22-18(15-8-3-2-4-9-15)14-16(21-22)20-12-7-13-24-20/h2-13,18H,14H2,1H3/t18-/m0/s1. The molecule has 0 unspecified atom stereocenters. The van der Waals surface area contributed by atoms with E-state index in [4.69, 9.17) is 9.84 Å². The van der Waals surface area contributed by atoms with Crippen LogP contribution in [0.3, 0.4) is 0 Å². The quantitative estimate of drug-likeness (QED) is 0.662. The molecule has 2 heterocycles. The van der Waals surface area contributed by atoms with Crippen molar-refractivity contribution in [3.63, 3.8) is 0 Å². The summed E-state index contributed by atoms with van der Waals surface area (Å²) < 4.78 is 5.56. The Morgan fingerprint density at radius 3 is 2.54 bits per heavy atom. The van der Waals surface area contributed by atoms with Crippen LogP contribution in [0.5, 0.6) is 5.75 Å². The van der Waals surface area contributed by atoms with Gasteiger partial charge in [0.25, 0.3) is 0 Å². The van der Waals surface area contributed by atoms with Crippen molar-refractivity contribution in [1.29, 1.82) is 0 Å². The molecule has 0 N–H and O–H groups in total. The van der Waals surface area contributed by atoms with E-state index in [1.165, 1.54) is 10.4 Å². The van der Waals surface area contributed by atoms with Crippen molar-refractivity contribution in [3.8, 4) is 5.75 Å². The Labute approximate surface area is 145 Å². The van der Waals surface area contributed by atoms with E-state index in [-0.39, 0.29) is 6.04 Å². The van der Waals surface area contributed by atoms with Crippen molar-refractivity contribution in [2.24, 2.45) is 5.10 Å². The van der Waals surface area contributed by atoms with Gasteiger partial charge in [-0.1, -0.05) is 48.5 Å². The molecule has 1 aromatic heterocycles. The molecule has 0 spiro atoms. The molecule has 3 aromatic rings. The van der Waals surface area contributed by atoms with Crippen LogP contribution in [0.15, 0.2) is 77.2 Å². The first-order valence-electron chi connectivity index (χ1n) is 7.95. The van der Waals surface area contributed by atoms with E-state index < -0.39 is 0 Å². The maximum absolute atomic E-state index is 5.56. The first kappa shape index (κ1) is 15.0.